The quantitative estimate of drug-likeness (QED) is 0.520. The van der Waals surface area contributed by atoms with Gasteiger partial charge in [-0.1, -0.05) is 47.5 Å². The maximum absolute atomic E-state index is 6.12. The first kappa shape index (κ1) is 20.6. The second kappa shape index (κ2) is 10.5. The largest absolute Gasteiger partial charge is 0.377 e. The van der Waals surface area contributed by atoms with Crippen molar-refractivity contribution in [3.8, 4) is 0 Å². The van der Waals surface area contributed by atoms with Crippen LogP contribution in [-0.4, -0.2) is 23.7 Å². The summed E-state index contributed by atoms with van der Waals surface area (Å²) >= 11 is 12.2. The van der Waals surface area contributed by atoms with Gasteiger partial charge in [-0.3, -0.25) is 0 Å². The van der Waals surface area contributed by atoms with Gasteiger partial charge in [0.15, 0.2) is 5.96 Å². The van der Waals surface area contributed by atoms with Gasteiger partial charge in [-0.15, -0.1) is 0 Å². The summed E-state index contributed by atoms with van der Waals surface area (Å²) in [5.74, 6) is 0.743. The number of halogens is 2. The van der Waals surface area contributed by atoms with E-state index in [9.17, 15) is 0 Å². The summed E-state index contributed by atoms with van der Waals surface area (Å²) in [7, 11) is 1.89. The molecule has 5 nitrogen and oxygen atoms in total. The summed E-state index contributed by atoms with van der Waals surface area (Å²) in [6, 6.07) is 10.1. The molecule has 2 rings (SSSR count). The van der Waals surface area contributed by atoms with E-state index in [1.807, 2.05) is 43.7 Å². The number of benzene rings is 1. The van der Waals surface area contributed by atoms with Gasteiger partial charge >= 0.3 is 0 Å². The molecular weight excluding hydrogens is 371 g/mol. The Morgan fingerprint density at radius 1 is 1.15 bits per heavy atom. The Balaban J connectivity index is 2.05. The van der Waals surface area contributed by atoms with Crippen LogP contribution in [0, 0.1) is 0 Å². The molecule has 0 atom stereocenters. The van der Waals surface area contributed by atoms with Crippen molar-refractivity contribution in [3.63, 3.8) is 0 Å². The van der Waals surface area contributed by atoms with E-state index in [0.717, 1.165) is 29.3 Å². The molecule has 0 aliphatic carbocycles. The maximum Gasteiger partial charge on any atom is 0.191 e. The van der Waals surface area contributed by atoms with Gasteiger partial charge in [-0.05, 0) is 31.0 Å². The van der Waals surface area contributed by atoms with Crippen molar-refractivity contribution in [1.29, 1.82) is 0 Å². The second-order valence-electron chi connectivity index (χ2n) is 5.79. The van der Waals surface area contributed by atoms with E-state index in [2.05, 4.69) is 22.8 Å². The van der Waals surface area contributed by atoms with Crippen LogP contribution in [0.3, 0.4) is 0 Å². The molecule has 2 aromatic rings. The molecule has 0 saturated carbocycles. The minimum atomic E-state index is 0.537. The highest BCUT2D eigenvalue weighted by atomic mass is 35.5. The molecule has 0 aliphatic heterocycles. The number of rotatable bonds is 8. The van der Waals surface area contributed by atoms with Crippen LogP contribution in [0.15, 0.2) is 35.3 Å². The number of hydrogen-bond donors (Lipinski definition) is 2. The Bertz CT molecular complexity index is 743. The molecule has 1 aromatic heterocycles. The average molecular weight is 397 g/mol. The normalized spacial score (nSPS) is 11.7. The van der Waals surface area contributed by atoms with Crippen LogP contribution in [0.2, 0.25) is 10.2 Å². The topological polar surface area (TPSA) is 50.6 Å². The lowest BCUT2D eigenvalue weighted by Gasteiger charge is -2.13. The molecule has 0 spiro atoms. The lowest BCUT2D eigenvalue weighted by Crippen LogP contribution is -2.37. The summed E-state index contributed by atoms with van der Waals surface area (Å²) in [4.78, 5) is 4.69. The minimum Gasteiger partial charge on any atom is -0.377 e. The van der Waals surface area contributed by atoms with Gasteiger partial charge in [-0.25, -0.2) is 4.99 Å². The molecule has 7 heteroatoms. The fraction of sp³-hybridized carbons (Fsp3) is 0.421. The summed E-state index contributed by atoms with van der Waals surface area (Å²) in [5.41, 5.74) is 3.31. The van der Waals surface area contributed by atoms with Crippen LogP contribution in [0.5, 0.6) is 0 Å². The summed E-state index contributed by atoms with van der Waals surface area (Å²) in [6.07, 6.45) is 0. The number of aliphatic imine (C=N–C) groups is 1. The zero-order chi connectivity index (χ0) is 18.9. The van der Waals surface area contributed by atoms with Crippen molar-refractivity contribution >= 4 is 29.2 Å². The number of aromatic nitrogens is 1. The van der Waals surface area contributed by atoms with Gasteiger partial charge < -0.3 is 19.9 Å². The number of hydrogen-bond acceptors (Lipinski definition) is 2. The average Bonchev–Trinajstić information content (AvgIpc) is 2.89. The molecule has 142 valence electrons. The summed E-state index contributed by atoms with van der Waals surface area (Å²) in [5, 5.41) is 7.67. The summed E-state index contributed by atoms with van der Waals surface area (Å²) in [6.45, 7) is 7.27. The lowest BCUT2D eigenvalue weighted by atomic mass is 10.1. The van der Waals surface area contributed by atoms with Gasteiger partial charge in [0, 0.05) is 25.9 Å². The Labute approximate surface area is 165 Å². The van der Waals surface area contributed by atoms with Gasteiger partial charge in [-0.2, -0.15) is 0 Å². The van der Waals surface area contributed by atoms with E-state index in [1.54, 1.807) is 0 Å². The van der Waals surface area contributed by atoms with Gasteiger partial charge in [0.1, 0.15) is 5.15 Å². The third kappa shape index (κ3) is 5.66. The number of nitrogens with zero attached hydrogens (tertiary/aromatic N) is 2. The van der Waals surface area contributed by atoms with Crippen LogP contribution >= 0.6 is 23.2 Å². The van der Waals surface area contributed by atoms with Crippen LogP contribution in [0.25, 0.3) is 0 Å². The molecule has 0 saturated heterocycles. The van der Waals surface area contributed by atoms with E-state index < -0.39 is 0 Å². The standard InChI is InChI=1S/C19H26Cl2N4O/c1-4-22-19(24-12-16-10-17(20)18(21)25(16)3)23-11-14-8-6-7-9-15(14)13-26-5-2/h6-10H,4-5,11-13H2,1-3H3,(H2,22,23,24). The maximum atomic E-state index is 6.12. The fourth-order valence-electron chi connectivity index (χ4n) is 2.50. The molecule has 2 N–H and O–H groups in total. The molecule has 0 bridgehead atoms. The van der Waals surface area contributed by atoms with E-state index >= 15 is 0 Å². The number of ether oxygens (including phenoxy) is 1. The van der Waals surface area contributed by atoms with E-state index in [-0.39, 0.29) is 0 Å². The number of nitrogens with one attached hydrogen (secondary N) is 2. The highest BCUT2D eigenvalue weighted by Gasteiger charge is 2.09. The molecule has 26 heavy (non-hydrogen) atoms. The van der Waals surface area contributed by atoms with E-state index in [1.165, 1.54) is 0 Å². The molecule has 0 fully saturated rings. The van der Waals surface area contributed by atoms with Crippen molar-refractivity contribution in [1.82, 2.24) is 15.2 Å². The molecule has 1 heterocycles. The molecule has 0 unspecified atom stereocenters. The molecule has 0 aliphatic rings. The number of guanidine groups is 1. The minimum absolute atomic E-state index is 0.537. The zero-order valence-electron chi connectivity index (χ0n) is 15.5. The third-order valence-electron chi connectivity index (χ3n) is 3.98. The summed E-state index contributed by atoms with van der Waals surface area (Å²) < 4.78 is 7.40. The van der Waals surface area contributed by atoms with E-state index in [4.69, 9.17) is 32.9 Å². The highest BCUT2D eigenvalue weighted by Crippen LogP contribution is 2.24. The second-order valence-corrected chi connectivity index (χ2v) is 6.55. The first-order chi connectivity index (χ1) is 12.6. The molecule has 0 amide bonds. The Morgan fingerprint density at radius 3 is 2.50 bits per heavy atom. The predicted octanol–water partition coefficient (Wildman–Crippen LogP) is 4.12. The van der Waals surface area contributed by atoms with Crippen LogP contribution in [0.1, 0.15) is 30.7 Å². The van der Waals surface area contributed by atoms with Gasteiger partial charge in [0.25, 0.3) is 0 Å². The lowest BCUT2D eigenvalue weighted by molar-refractivity contribution is 0.133. The van der Waals surface area contributed by atoms with Crippen molar-refractivity contribution in [2.75, 3.05) is 13.2 Å². The van der Waals surface area contributed by atoms with Crippen molar-refractivity contribution in [2.45, 2.75) is 33.5 Å². The molecule has 0 radical (unpaired) electrons. The monoisotopic (exact) mass is 396 g/mol. The van der Waals surface area contributed by atoms with Crippen molar-refractivity contribution < 1.29 is 4.74 Å². The van der Waals surface area contributed by atoms with Crippen molar-refractivity contribution in [3.05, 3.63) is 57.3 Å². The van der Waals surface area contributed by atoms with Crippen LogP contribution in [0.4, 0.5) is 0 Å². The fourth-order valence-corrected chi connectivity index (χ4v) is 2.92. The van der Waals surface area contributed by atoms with Gasteiger partial charge in [0.2, 0.25) is 0 Å². The Morgan fingerprint density at radius 2 is 1.88 bits per heavy atom. The van der Waals surface area contributed by atoms with E-state index in [0.29, 0.717) is 36.5 Å². The molecule has 1 aromatic carbocycles. The van der Waals surface area contributed by atoms with Gasteiger partial charge in [0.05, 0.1) is 24.7 Å². The SMILES string of the molecule is CCNC(=NCc1ccccc1COCC)NCc1cc(Cl)c(Cl)n1C. The van der Waals surface area contributed by atoms with Crippen LogP contribution in [-0.2, 0) is 31.5 Å². The predicted molar refractivity (Wildman–Crippen MR) is 109 cm³/mol. The molecular formula is C19H26Cl2N4O. The zero-order valence-corrected chi connectivity index (χ0v) is 17.0. The Kier molecular flexibility index (Phi) is 8.29. The van der Waals surface area contributed by atoms with Crippen LogP contribution < -0.4 is 10.6 Å². The Hall–Kier alpha value is -1.69. The highest BCUT2D eigenvalue weighted by molar-refractivity contribution is 6.41. The first-order valence-electron chi connectivity index (χ1n) is 8.73. The first-order valence-corrected chi connectivity index (χ1v) is 9.48. The van der Waals surface area contributed by atoms with Crippen molar-refractivity contribution in [2.24, 2.45) is 12.0 Å². The third-order valence-corrected chi connectivity index (χ3v) is 4.83. The smallest absolute Gasteiger partial charge is 0.191 e.